The van der Waals surface area contributed by atoms with Crippen molar-refractivity contribution in [1.82, 2.24) is 0 Å². The van der Waals surface area contributed by atoms with Crippen LogP contribution in [0, 0.1) is 0 Å². The van der Waals surface area contributed by atoms with Gasteiger partial charge < -0.3 is 5.89 Å². The Morgan fingerprint density at radius 1 is 1.50 bits per heavy atom. The van der Waals surface area contributed by atoms with E-state index in [1.807, 2.05) is 0 Å². The van der Waals surface area contributed by atoms with Crippen LogP contribution in [0.15, 0.2) is 0 Å². The Morgan fingerprint density at radius 2 is 1.50 bits per heavy atom. The molecule has 0 bridgehead atoms. The van der Waals surface area contributed by atoms with Gasteiger partial charge in [0, 0.05) is 0 Å². The molecule has 0 amide bonds. The van der Waals surface area contributed by atoms with E-state index in [1.165, 1.54) is 0 Å². The molecule has 0 aromatic rings. The van der Waals surface area contributed by atoms with Crippen molar-refractivity contribution in [3.05, 3.63) is 0 Å². The molecule has 0 unspecified atom stereocenters. The molecule has 0 heterocycles. The fourth-order valence-electron chi connectivity index (χ4n) is 0. The minimum absolute atomic E-state index is 0. The summed E-state index contributed by atoms with van der Waals surface area (Å²) in [7, 11) is 0.611. The molecule has 0 aromatic carbocycles. The van der Waals surface area contributed by atoms with Gasteiger partial charge in [-0.2, -0.15) is 0 Å². The SMILES string of the molecule is O=[SiH2].[AlH3].[H-].[Li+]. The molecule has 20 valence electrons. The van der Waals surface area contributed by atoms with Crippen LogP contribution in [-0.2, 0) is 4.46 Å². The summed E-state index contributed by atoms with van der Waals surface area (Å²) in [5.74, 6) is 0. The minimum atomic E-state index is 0. The van der Waals surface area contributed by atoms with E-state index in [9.17, 15) is 0 Å². The fourth-order valence-corrected chi connectivity index (χ4v) is 0. The minimum Gasteiger partial charge on any atom is -1.00 e. The van der Waals surface area contributed by atoms with Gasteiger partial charge in [0.2, 0.25) is 10.1 Å². The summed E-state index contributed by atoms with van der Waals surface area (Å²) in [6.07, 6.45) is 0. The summed E-state index contributed by atoms with van der Waals surface area (Å²) in [4.78, 5) is 0. The third kappa shape index (κ3) is 11.0. The topological polar surface area (TPSA) is 17.1 Å². The van der Waals surface area contributed by atoms with Crippen LogP contribution in [0.4, 0.5) is 0 Å². The molecule has 0 aromatic heterocycles. The maximum absolute atomic E-state index is 8.28. The van der Waals surface area contributed by atoms with E-state index in [0.29, 0.717) is 10.1 Å². The standard InChI is InChI=1S/Al.Li.H2OSi.4H/c;;1-2;;;;/h;;2H2;;;;/q;+1;;;;;-1. The molecule has 0 spiro atoms. The van der Waals surface area contributed by atoms with Crippen LogP contribution in [0.3, 0.4) is 0 Å². The second-order valence-electron chi connectivity index (χ2n) is 0. The second-order valence-corrected chi connectivity index (χ2v) is 0. The number of rotatable bonds is 0. The number of hydrogen-bond acceptors (Lipinski definition) is 1. The van der Waals surface area contributed by atoms with Gasteiger partial charge in [-0.3, -0.25) is 0 Å². The average Bonchev–Trinajstić information content (AvgIpc) is 1.00. The zero-order valence-electron chi connectivity index (χ0n) is 3.12. The van der Waals surface area contributed by atoms with Crippen molar-refractivity contribution in [2.75, 3.05) is 0 Å². The van der Waals surface area contributed by atoms with Crippen LogP contribution in [0.2, 0.25) is 0 Å². The predicted octanol–water partition coefficient (Wildman–Crippen LogP) is -5.10. The molecule has 0 aliphatic rings. The van der Waals surface area contributed by atoms with Gasteiger partial charge in [0.15, 0.2) is 17.4 Å². The Bertz CT molecular complexity index is 11.6. The number of hydrogen-bond donors (Lipinski definition) is 0. The average molecular weight is 84.1 g/mol. The monoisotopic (exact) mass is 84.0 g/mol. The molecular formula is H6AlLiOSi. The van der Waals surface area contributed by atoms with E-state index in [-0.39, 0.29) is 37.6 Å². The summed E-state index contributed by atoms with van der Waals surface area (Å²) in [6.45, 7) is 0. The first kappa shape index (κ1) is 19.2. The Balaban J connectivity index is -0.00000000167. The summed E-state index contributed by atoms with van der Waals surface area (Å²) in [5.41, 5.74) is 0. The molecule has 0 N–H and O–H groups in total. The molecular weight excluding hydrogens is 78.0 g/mol. The molecule has 0 atom stereocenters. The first-order chi connectivity index (χ1) is 1.00. The van der Waals surface area contributed by atoms with E-state index >= 15 is 0 Å². The summed E-state index contributed by atoms with van der Waals surface area (Å²) < 4.78 is 8.28. The van der Waals surface area contributed by atoms with E-state index < -0.39 is 0 Å². The third-order valence-electron chi connectivity index (χ3n) is 0. The van der Waals surface area contributed by atoms with Crippen LogP contribution < -0.4 is 18.9 Å². The summed E-state index contributed by atoms with van der Waals surface area (Å²) in [5, 5.41) is 0. The smallest absolute Gasteiger partial charge is 1.00 e. The maximum atomic E-state index is 8.28. The third-order valence-corrected chi connectivity index (χ3v) is 0. The summed E-state index contributed by atoms with van der Waals surface area (Å²) >= 11 is 0. The molecule has 0 saturated carbocycles. The maximum Gasteiger partial charge on any atom is 1.00 e. The molecule has 0 fully saturated rings. The Hall–Kier alpha value is 1.15. The van der Waals surface area contributed by atoms with Gasteiger partial charge in [0.25, 0.3) is 0 Å². The first-order valence-corrected chi connectivity index (χ1v) is 0.866. The molecule has 0 aliphatic heterocycles. The van der Waals surface area contributed by atoms with Crippen molar-refractivity contribution in [2.24, 2.45) is 0 Å². The molecule has 0 aliphatic carbocycles. The molecule has 0 radical (unpaired) electrons. The van der Waals surface area contributed by atoms with Gasteiger partial charge in [-0.15, -0.1) is 0 Å². The van der Waals surface area contributed by atoms with Gasteiger partial charge in [0.1, 0.15) is 0 Å². The molecule has 0 rings (SSSR count). The zero-order valence-corrected chi connectivity index (χ0v) is 3.53. The molecule has 1 nitrogen and oxygen atoms in total. The first-order valence-electron chi connectivity index (χ1n) is 0.289. The van der Waals surface area contributed by atoms with Crippen molar-refractivity contribution < 1.29 is 24.7 Å². The predicted molar refractivity (Wildman–Crippen MR) is 20.3 cm³/mol. The Morgan fingerprint density at radius 3 is 1.50 bits per heavy atom. The van der Waals surface area contributed by atoms with E-state index in [1.54, 1.807) is 0 Å². The van der Waals surface area contributed by atoms with Gasteiger partial charge >= 0.3 is 18.9 Å². The van der Waals surface area contributed by atoms with Crippen LogP contribution in [-0.4, -0.2) is 27.5 Å². The summed E-state index contributed by atoms with van der Waals surface area (Å²) in [6, 6.07) is 0. The van der Waals surface area contributed by atoms with Crippen molar-refractivity contribution in [3.8, 4) is 0 Å². The van der Waals surface area contributed by atoms with Crippen molar-refractivity contribution in [1.29, 1.82) is 0 Å². The molecule has 4 heteroatoms. The van der Waals surface area contributed by atoms with Crippen molar-refractivity contribution >= 4 is 27.5 Å². The Kier molecular flexibility index (Phi) is 150. The van der Waals surface area contributed by atoms with E-state index in [2.05, 4.69) is 0 Å². The molecule has 4 heavy (non-hydrogen) atoms. The quantitative estimate of drug-likeness (QED) is 0.268. The van der Waals surface area contributed by atoms with Crippen LogP contribution in [0.25, 0.3) is 0 Å². The van der Waals surface area contributed by atoms with Crippen LogP contribution >= 0.6 is 0 Å². The van der Waals surface area contributed by atoms with Gasteiger partial charge in [-0.05, 0) is 0 Å². The molecule has 0 saturated heterocycles. The van der Waals surface area contributed by atoms with Gasteiger partial charge in [-0.1, -0.05) is 0 Å². The fraction of sp³-hybridized carbons (Fsp3) is 0. The van der Waals surface area contributed by atoms with Crippen LogP contribution in [0.1, 0.15) is 1.43 Å². The van der Waals surface area contributed by atoms with Gasteiger partial charge in [-0.25, -0.2) is 0 Å². The van der Waals surface area contributed by atoms with E-state index in [4.69, 9.17) is 4.46 Å². The van der Waals surface area contributed by atoms with Crippen molar-refractivity contribution in [2.45, 2.75) is 0 Å². The van der Waals surface area contributed by atoms with E-state index in [0.717, 1.165) is 0 Å². The second kappa shape index (κ2) is 31.2. The largest absolute Gasteiger partial charge is 1.00 e. The van der Waals surface area contributed by atoms with Crippen LogP contribution in [0.5, 0.6) is 0 Å². The zero-order chi connectivity index (χ0) is 2.00. The normalized spacial score (nSPS) is 1.00. The Labute approximate surface area is 52.4 Å². The van der Waals surface area contributed by atoms with Crippen molar-refractivity contribution in [3.63, 3.8) is 0 Å². The van der Waals surface area contributed by atoms with Gasteiger partial charge in [0.05, 0.1) is 0 Å².